The summed E-state index contributed by atoms with van der Waals surface area (Å²) in [6, 6.07) is 63.7. The van der Waals surface area contributed by atoms with Gasteiger partial charge in [0.2, 0.25) is 0 Å². The molecule has 4 heterocycles. The molecule has 4 aromatic heterocycles. The molecule has 0 atom stereocenters. The van der Waals surface area contributed by atoms with Crippen LogP contribution >= 0.6 is 11.3 Å². The lowest BCUT2D eigenvalue weighted by atomic mass is 10.0. The molecule has 12 rings (SSSR count). The summed E-state index contributed by atoms with van der Waals surface area (Å²) >= 11 is 1.79. The van der Waals surface area contributed by atoms with Crippen LogP contribution in [0.25, 0.3) is 115 Å². The molecule has 0 aliphatic rings. The van der Waals surface area contributed by atoms with Gasteiger partial charge in [-0.3, -0.25) is 0 Å². The van der Waals surface area contributed by atoms with Crippen molar-refractivity contribution in [1.29, 1.82) is 0 Å². The summed E-state index contributed by atoms with van der Waals surface area (Å²) in [6.07, 6.45) is 0. The molecule has 0 aliphatic heterocycles. The summed E-state index contributed by atoms with van der Waals surface area (Å²) in [4.78, 5) is 15.9. The molecule has 0 aliphatic carbocycles. The summed E-state index contributed by atoms with van der Waals surface area (Å²) in [5.74, 6) is 1.84. The average Bonchev–Trinajstić information content (AvgIpc) is 3.95. The van der Waals surface area contributed by atoms with Gasteiger partial charge in [-0.2, -0.15) is 0 Å². The number of rotatable bonds is 5. The third-order valence-corrected chi connectivity index (χ3v) is 12.2. The molecular weight excluding hydrogens is 717 g/mol. The van der Waals surface area contributed by atoms with Crippen molar-refractivity contribution in [2.75, 3.05) is 0 Å². The van der Waals surface area contributed by atoms with E-state index in [4.69, 9.17) is 19.4 Å². The zero-order valence-electron chi connectivity index (χ0n) is 30.4. The van der Waals surface area contributed by atoms with Crippen LogP contribution in [0.15, 0.2) is 186 Å². The van der Waals surface area contributed by atoms with Crippen molar-refractivity contribution in [3.8, 4) is 51.0 Å². The van der Waals surface area contributed by atoms with E-state index in [0.29, 0.717) is 17.5 Å². The minimum absolute atomic E-state index is 0.594. The Hall–Kier alpha value is -7.41. The second-order valence-corrected chi connectivity index (χ2v) is 15.4. The number of benzene rings is 8. The van der Waals surface area contributed by atoms with E-state index in [2.05, 4.69) is 168 Å². The number of nitrogens with zero attached hydrogens (tertiary/aromatic N) is 4. The molecule has 8 aromatic carbocycles. The van der Waals surface area contributed by atoms with Crippen LogP contribution in [-0.4, -0.2) is 19.5 Å². The van der Waals surface area contributed by atoms with Gasteiger partial charge in [0.25, 0.3) is 0 Å². The lowest BCUT2D eigenvalue weighted by molar-refractivity contribution is 0.669. The second-order valence-electron chi connectivity index (χ2n) is 14.4. The largest absolute Gasteiger partial charge is 0.456 e. The van der Waals surface area contributed by atoms with Gasteiger partial charge in [-0.25, -0.2) is 15.0 Å². The van der Waals surface area contributed by atoms with Gasteiger partial charge >= 0.3 is 0 Å². The van der Waals surface area contributed by atoms with Crippen molar-refractivity contribution in [2.45, 2.75) is 0 Å². The minimum Gasteiger partial charge on any atom is -0.456 e. The van der Waals surface area contributed by atoms with Crippen molar-refractivity contribution in [3.63, 3.8) is 0 Å². The molecule has 0 radical (unpaired) electrons. The van der Waals surface area contributed by atoms with E-state index in [0.717, 1.165) is 77.2 Å². The first-order valence-corrected chi connectivity index (χ1v) is 19.8. The molecule has 0 spiro atoms. The number of para-hydroxylation sites is 2. The molecule has 0 saturated heterocycles. The lowest BCUT2D eigenvalue weighted by Crippen LogP contribution is -2.01. The van der Waals surface area contributed by atoms with Crippen LogP contribution in [-0.2, 0) is 0 Å². The van der Waals surface area contributed by atoms with Gasteiger partial charge < -0.3 is 8.98 Å². The standard InChI is InChI=1S/C51H30N4OS/c1-3-14-31(15-4-1)32-16-11-17-33(28-32)49-52-50(54-51(53-49)38-23-13-27-46-48(38)36-21-8-10-26-45(36)57-46)37-22-12-25-43-47(37)40-29-39-35-20-7-9-24-41(35)55(34-18-5-2-6-19-34)42(39)30-44(40)56-43/h1-30H. The van der Waals surface area contributed by atoms with E-state index in [-0.39, 0.29) is 0 Å². The van der Waals surface area contributed by atoms with Crippen LogP contribution in [0.1, 0.15) is 0 Å². The number of hydrogen-bond acceptors (Lipinski definition) is 5. The predicted molar refractivity (Wildman–Crippen MR) is 236 cm³/mol. The van der Waals surface area contributed by atoms with Gasteiger partial charge in [0.1, 0.15) is 11.2 Å². The van der Waals surface area contributed by atoms with E-state index >= 15 is 0 Å². The molecule has 0 fully saturated rings. The Bertz CT molecular complexity index is 3530. The van der Waals surface area contributed by atoms with Gasteiger partial charge in [-0.1, -0.05) is 127 Å². The zero-order valence-corrected chi connectivity index (χ0v) is 31.2. The van der Waals surface area contributed by atoms with Crippen LogP contribution in [0, 0.1) is 0 Å². The first-order valence-electron chi connectivity index (χ1n) is 19.0. The summed E-state index contributed by atoms with van der Waals surface area (Å²) in [7, 11) is 0. The van der Waals surface area contributed by atoms with E-state index in [1.54, 1.807) is 11.3 Å². The Labute approximate surface area is 330 Å². The molecule has 0 amide bonds. The number of hydrogen-bond donors (Lipinski definition) is 0. The van der Waals surface area contributed by atoms with Crippen molar-refractivity contribution in [1.82, 2.24) is 19.5 Å². The third-order valence-electron chi connectivity index (χ3n) is 11.1. The Balaban J connectivity index is 1.13. The molecule has 57 heavy (non-hydrogen) atoms. The number of fused-ring (bicyclic) bond motifs is 9. The van der Waals surface area contributed by atoms with Crippen molar-refractivity contribution in [3.05, 3.63) is 182 Å². The first kappa shape index (κ1) is 31.9. The maximum absolute atomic E-state index is 6.72. The van der Waals surface area contributed by atoms with Crippen LogP contribution in [0.4, 0.5) is 0 Å². The normalized spacial score (nSPS) is 11.9. The second kappa shape index (κ2) is 12.6. The fourth-order valence-corrected chi connectivity index (χ4v) is 9.64. The Morgan fingerprint density at radius 2 is 1.02 bits per heavy atom. The Kier molecular flexibility index (Phi) is 7.03. The molecule has 266 valence electrons. The first-order chi connectivity index (χ1) is 28.2. The lowest BCUT2D eigenvalue weighted by Gasteiger charge is -2.11. The molecule has 6 heteroatoms. The molecule has 0 saturated carbocycles. The van der Waals surface area contributed by atoms with Gasteiger partial charge in [0, 0.05) is 70.2 Å². The van der Waals surface area contributed by atoms with Crippen LogP contribution in [0.5, 0.6) is 0 Å². The van der Waals surface area contributed by atoms with Gasteiger partial charge in [-0.05, 0) is 59.7 Å². The van der Waals surface area contributed by atoms with E-state index in [1.807, 2.05) is 18.2 Å². The van der Waals surface area contributed by atoms with Crippen LogP contribution < -0.4 is 0 Å². The Morgan fingerprint density at radius 1 is 0.386 bits per heavy atom. The van der Waals surface area contributed by atoms with Crippen LogP contribution in [0.3, 0.4) is 0 Å². The fraction of sp³-hybridized carbons (Fsp3) is 0. The number of aromatic nitrogens is 4. The number of furan rings is 1. The van der Waals surface area contributed by atoms with E-state index in [1.165, 1.54) is 20.2 Å². The van der Waals surface area contributed by atoms with Crippen molar-refractivity contribution >= 4 is 75.3 Å². The predicted octanol–water partition coefficient (Wildman–Crippen LogP) is 13.9. The number of thiophene rings is 1. The summed E-state index contributed by atoms with van der Waals surface area (Å²) in [5.41, 5.74) is 9.97. The smallest absolute Gasteiger partial charge is 0.164 e. The van der Waals surface area contributed by atoms with Gasteiger partial charge in [0.05, 0.1) is 11.0 Å². The molecule has 0 unspecified atom stereocenters. The van der Waals surface area contributed by atoms with E-state index in [9.17, 15) is 0 Å². The van der Waals surface area contributed by atoms with Crippen LogP contribution in [0.2, 0.25) is 0 Å². The molecule has 0 N–H and O–H groups in total. The van der Waals surface area contributed by atoms with Gasteiger partial charge in [-0.15, -0.1) is 11.3 Å². The highest BCUT2D eigenvalue weighted by Gasteiger charge is 2.22. The Morgan fingerprint density at radius 3 is 1.86 bits per heavy atom. The van der Waals surface area contributed by atoms with E-state index < -0.39 is 0 Å². The maximum atomic E-state index is 6.72. The molecule has 5 nitrogen and oxygen atoms in total. The third kappa shape index (κ3) is 5.04. The summed E-state index contributed by atoms with van der Waals surface area (Å²) < 4.78 is 11.5. The monoisotopic (exact) mass is 746 g/mol. The zero-order chi connectivity index (χ0) is 37.5. The summed E-state index contributed by atoms with van der Waals surface area (Å²) in [6.45, 7) is 0. The highest BCUT2D eigenvalue weighted by molar-refractivity contribution is 7.25. The summed E-state index contributed by atoms with van der Waals surface area (Å²) in [5, 5.41) is 6.69. The quantitative estimate of drug-likeness (QED) is 0.176. The van der Waals surface area contributed by atoms with Gasteiger partial charge in [0.15, 0.2) is 17.5 Å². The molecule has 12 aromatic rings. The highest BCUT2D eigenvalue weighted by Crippen LogP contribution is 2.43. The maximum Gasteiger partial charge on any atom is 0.164 e. The van der Waals surface area contributed by atoms with Crippen molar-refractivity contribution in [2.24, 2.45) is 0 Å². The average molecular weight is 747 g/mol. The molecule has 0 bridgehead atoms. The van der Waals surface area contributed by atoms with Crippen molar-refractivity contribution < 1.29 is 4.42 Å². The SMILES string of the molecule is c1ccc(-c2cccc(-c3nc(-c4cccc5oc6cc7c(cc6c45)c4ccccc4n7-c4ccccc4)nc(-c4cccc5sc6ccccc6c45)n3)c2)cc1. The fourth-order valence-electron chi connectivity index (χ4n) is 8.51. The minimum atomic E-state index is 0.594. The highest BCUT2D eigenvalue weighted by atomic mass is 32.1. The molecular formula is C51H30N4OS. The topological polar surface area (TPSA) is 56.7 Å².